The number of likely N-dealkylation sites (tertiary alicyclic amines) is 1. The van der Waals surface area contributed by atoms with Crippen molar-refractivity contribution >= 4 is 22.6 Å². The summed E-state index contributed by atoms with van der Waals surface area (Å²) < 4.78 is 2.28. The predicted molar refractivity (Wildman–Crippen MR) is 95.8 cm³/mol. The van der Waals surface area contributed by atoms with Gasteiger partial charge in [0.05, 0.1) is 0 Å². The van der Waals surface area contributed by atoms with Crippen LogP contribution in [0.1, 0.15) is 40.0 Å². The molecule has 1 aliphatic rings. The Bertz CT molecular complexity index is 689. The molecule has 2 amide bonds. The SMILES string of the molecule is CC(C)Cn1ccc2cc(NC(=O)N3CCCC[C@H]3C)ccc21. The number of carbonyl (C=O) groups is 1. The molecule has 1 aromatic heterocycles. The second-order valence-electron chi connectivity index (χ2n) is 7.10. The first kappa shape index (κ1) is 15.9. The Kier molecular flexibility index (Phi) is 4.60. The maximum absolute atomic E-state index is 12.5. The van der Waals surface area contributed by atoms with Gasteiger partial charge in [-0.2, -0.15) is 0 Å². The van der Waals surface area contributed by atoms with Crippen molar-refractivity contribution in [2.75, 3.05) is 11.9 Å². The number of carbonyl (C=O) groups excluding carboxylic acids is 1. The number of hydrogen-bond donors (Lipinski definition) is 1. The first-order valence-corrected chi connectivity index (χ1v) is 8.71. The van der Waals surface area contributed by atoms with E-state index in [9.17, 15) is 4.79 Å². The molecule has 1 N–H and O–H groups in total. The van der Waals surface area contributed by atoms with Crippen molar-refractivity contribution in [2.45, 2.75) is 52.6 Å². The molecule has 3 rings (SSSR count). The molecule has 1 aliphatic heterocycles. The molecule has 2 heterocycles. The van der Waals surface area contributed by atoms with Crippen LogP contribution in [-0.4, -0.2) is 28.1 Å². The number of piperidine rings is 1. The maximum Gasteiger partial charge on any atom is 0.322 e. The molecule has 0 unspecified atom stereocenters. The zero-order chi connectivity index (χ0) is 16.4. The summed E-state index contributed by atoms with van der Waals surface area (Å²) in [6.07, 6.45) is 5.56. The van der Waals surface area contributed by atoms with Crippen LogP contribution in [0, 0.1) is 5.92 Å². The summed E-state index contributed by atoms with van der Waals surface area (Å²) in [5.41, 5.74) is 2.10. The first-order chi connectivity index (χ1) is 11.0. The normalized spacial score (nSPS) is 18.6. The third kappa shape index (κ3) is 3.52. The number of rotatable bonds is 3. The first-order valence-electron chi connectivity index (χ1n) is 8.71. The van der Waals surface area contributed by atoms with Crippen molar-refractivity contribution < 1.29 is 4.79 Å². The van der Waals surface area contributed by atoms with Gasteiger partial charge in [0.25, 0.3) is 0 Å². The number of hydrogen-bond acceptors (Lipinski definition) is 1. The van der Waals surface area contributed by atoms with E-state index < -0.39 is 0 Å². The molecule has 124 valence electrons. The van der Waals surface area contributed by atoms with Crippen LogP contribution in [0.3, 0.4) is 0 Å². The fourth-order valence-corrected chi connectivity index (χ4v) is 3.43. The van der Waals surface area contributed by atoms with Crippen LogP contribution in [0.25, 0.3) is 10.9 Å². The molecule has 1 saturated heterocycles. The van der Waals surface area contributed by atoms with Gasteiger partial charge in [0.15, 0.2) is 0 Å². The van der Waals surface area contributed by atoms with Crippen LogP contribution < -0.4 is 5.32 Å². The Hall–Kier alpha value is -1.97. The van der Waals surface area contributed by atoms with Gasteiger partial charge in [0.2, 0.25) is 0 Å². The Labute approximate surface area is 138 Å². The lowest BCUT2D eigenvalue weighted by atomic mass is 10.0. The van der Waals surface area contributed by atoms with Crippen LogP contribution in [0.15, 0.2) is 30.5 Å². The van der Waals surface area contributed by atoms with Gasteiger partial charge in [-0.3, -0.25) is 0 Å². The van der Waals surface area contributed by atoms with E-state index in [1.54, 1.807) is 0 Å². The quantitative estimate of drug-likeness (QED) is 0.876. The zero-order valence-corrected chi connectivity index (χ0v) is 14.4. The number of fused-ring (bicyclic) bond motifs is 1. The van der Waals surface area contributed by atoms with E-state index in [4.69, 9.17) is 0 Å². The van der Waals surface area contributed by atoms with Gasteiger partial charge in [-0.15, -0.1) is 0 Å². The lowest BCUT2D eigenvalue weighted by Gasteiger charge is -2.33. The van der Waals surface area contributed by atoms with E-state index in [1.165, 1.54) is 17.3 Å². The molecule has 0 radical (unpaired) electrons. The number of nitrogens with zero attached hydrogens (tertiary/aromatic N) is 2. The van der Waals surface area contributed by atoms with Gasteiger partial charge in [0.1, 0.15) is 0 Å². The van der Waals surface area contributed by atoms with Gasteiger partial charge in [-0.1, -0.05) is 13.8 Å². The molecule has 0 spiro atoms. The van der Waals surface area contributed by atoms with Crippen molar-refractivity contribution in [3.63, 3.8) is 0 Å². The van der Waals surface area contributed by atoms with Crippen LogP contribution in [-0.2, 0) is 6.54 Å². The van der Waals surface area contributed by atoms with E-state index in [1.807, 2.05) is 11.0 Å². The highest BCUT2D eigenvalue weighted by molar-refractivity contribution is 5.93. The van der Waals surface area contributed by atoms with Gasteiger partial charge < -0.3 is 14.8 Å². The van der Waals surface area contributed by atoms with E-state index in [0.29, 0.717) is 12.0 Å². The summed E-state index contributed by atoms with van der Waals surface area (Å²) in [7, 11) is 0. The van der Waals surface area contributed by atoms with Crippen LogP contribution in [0.2, 0.25) is 0 Å². The molecule has 23 heavy (non-hydrogen) atoms. The standard InChI is InChI=1S/C19H27N3O/c1-14(2)13-21-11-9-16-12-17(7-8-18(16)21)20-19(23)22-10-5-4-6-15(22)3/h7-9,11-12,14-15H,4-6,10,13H2,1-3H3,(H,20,23)/t15-/m1/s1. The molecular weight excluding hydrogens is 286 g/mol. The highest BCUT2D eigenvalue weighted by atomic mass is 16.2. The van der Waals surface area contributed by atoms with Crippen molar-refractivity contribution in [1.29, 1.82) is 0 Å². The lowest BCUT2D eigenvalue weighted by Crippen LogP contribution is -2.44. The number of anilines is 1. The van der Waals surface area contributed by atoms with Crippen LogP contribution in [0.5, 0.6) is 0 Å². The van der Waals surface area contributed by atoms with Gasteiger partial charge in [-0.25, -0.2) is 4.79 Å². The molecule has 2 aromatic rings. The van der Waals surface area contributed by atoms with Gasteiger partial charge >= 0.3 is 6.03 Å². The number of nitrogens with one attached hydrogen (secondary N) is 1. The topological polar surface area (TPSA) is 37.3 Å². The van der Waals surface area contributed by atoms with Crippen molar-refractivity contribution in [3.8, 4) is 0 Å². The monoisotopic (exact) mass is 313 g/mol. The fourth-order valence-electron chi connectivity index (χ4n) is 3.43. The van der Waals surface area contributed by atoms with Crippen molar-refractivity contribution in [3.05, 3.63) is 30.5 Å². The highest BCUT2D eigenvalue weighted by Crippen LogP contribution is 2.23. The molecule has 4 nitrogen and oxygen atoms in total. The minimum absolute atomic E-state index is 0.0261. The van der Waals surface area contributed by atoms with Gasteiger partial charge in [-0.05, 0) is 56.4 Å². The molecule has 0 saturated carbocycles. The third-order valence-corrected chi connectivity index (χ3v) is 4.65. The maximum atomic E-state index is 12.5. The summed E-state index contributed by atoms with van der Waals surface area (Å²) in [5.74, 6) is 0.616. The Morgan fingerprint density at radius 1 is 1.30 bits per heavy atom. The van der Waals surface area contributed by atoms with E-state index in [-0.39, 0.29) is 6.03 Å². The van der Waals surface area contributed by atoms with Crippen molar-refractivity contribution in [1.82, 2.24) is 9.47 Å². The number of amides is 2. The van der Waals surface area contributed by atoms with Crippen LogP contribution in [0.4, 0.5) is 10.5 Å². The molecule has 1 aromatic carbocycles. The Morgan fingerprint density at radius 2 is 2.13 bits per heavy atom. The molecule has 1 atom stereocenters. The molecule has 1 fully saturated rings. The summed E-state index contributed by atoms with van der Waals surface area (Å²) >= 11 is 0. The number of benzene rings is 1. The minimum Gasteiger partial charge on any atom is -0.347 e. The number of aromatic nitrogens is 1. The van der Waals surface area contributed by atoms with E-state index >= 15 is 0 Å². The summed E-state index contributed by atoms with van der Waals surface area (Å²) in [5, 5.41) is 4.24. The summed E-state index contributed by atoms with van der Waals surface area (Å²) in [6, 6.07) is 8.66. The van der Waals surface area contributed by atoms with Crippen molar-refractivity contribution in [2.24, 2.45) is 5.92 Å². The average molecular weight is 313 g/mol. The fraction of sp³-hybridized carbons (Fsp3) is 0.526. The summed E-state index contributed by atoms with van der Waals surface area (Å²) in [6.45, 7) is 8.45. The Balaban J connectivity index is 1.74. The third-order valence-electron chi connectivity index (χ3n) is 4.65. The average Bonchev–Trinajstić information content (AvgIpc) is 2.89. The van der Waals surface area contributed by atoms with Gasteiger partial charge in [0, 0.05) is 41.9 Å². The molecular formula is C19H27N3O. The lowest BCUT2D eigenvalue weighted by molar-refractivity contribution is 0.170. The molecule has 4 heteroatoms. The molecule has 0 bridgehead atoms. The summed E-state index contributed by atoms with van der Waals surface area (Å²) in [4.78, 5) is 14.4. The largest absolute Gasteiger partial charge is 0.347 e. The Morgan fingerprint density at radius 3 is 2.87 bits per heavy atom. The predicted octanol–water partition coefficient (Wildman–Crippen LogP) is 4.70. The molecule has 0 aliphatic carbocycles. The number of urea groups is 1. The minimum atomic E-state index is 0.0261. The second-order valence-corrected chi connectivity index (χ2v) is 7.10. The highest BCUT2D eigenvalue weighted by Gasteiger charge is 2.23. The van der Waals surface area contributed by atoms with Crippen LogP contribution >= 0.6 is 0 Å². The van der Waals surface area contributed by atoms with E-state index in [2.05, 4.69) is 55.1 Å². The van der Waals surface area contributed by atoms with E-state index in [0.717, 1.165) is 31.6 Å². The zero-order valence-electron chi connectivity index (χ0n) is 14.4. The smallest absolute Gasteiger partial charge is 0.322 e. The second kappa shape index (κ2) is 6.65.